The molecule has 0 spiro atoms. The Morgan fingerprint density at radius 1 is 1.15 bits per heavy atom. The molecule has 0 unspecified atom stereocenters. The molecule has 1 aromatic heterocycles. The van der Waals surface area contributed by atoms with Crippen LogP contribution in [0.25, 0.3) is 0 Å². The molecular weight excluding hydrogens is 412 g/mol. The topological polar surface area (TPSA) is 68.3 Å². The molecule has 106 valence electrons. The van der Waals surface area contributed by atoms with Crippen molar-refractivity contribution in [1.82, 2.24) is 4.98 Å². The Bertz CT molecular complexity index is 718. The molecule has 0 saturated heterocycles. The number of sulfonamides is 1. The first-order chi connectivity index (χ1) is 9.42. The summed E-state index contributed by atoms with van der Waals surface area (Å²) in [5.41, 5.74) is 0. The molecule has 0 aliphatic heterocycles. The van der Waals surface area contributed by atoms with Crippen molar-refractivity contribution in [2.24, 2.45) is 0 Å². The van der Waals surface area contributed by atoms with Gasteiger partial charge in [0.05, 0.1) is 7.11 Å². The number of nitrogens with one attached hydrogen (secondary N) is 1. The van der Waals surface area contributed by atoms with E-state index in [2.05, 4.69) is 41.6 Å². The van der Waals surface area contributed by atoms with Crippen molar-refractivity contribution >= 4 is 47.7 Å². The molecule has 1 heterocycles. The summed E-state index contributed by atoms with van der Waals surface area (Å²) >= 11 is 6.48. The van der Waals surface area contributed by atoms with Crippen LogP contribution in [0.1, 0.15) is 0 Å². The predicted octanol–water partition coefficient (Wildman–Crippen LogP) is 3.42. The third-order valence-corrected chi connectivity index (χ3v) is 4.72. The van der Waals surface area contributed by atoms with Crippen molar-refractivity contribution in [3.63, 3.8) is 0 Å². The molecule has 2 rings (SSSR count). The Balaban J connectivity index is 2.40. The lowest BCUT2D eigenvalue weighted by Crippen LogP contribution is -2.15. The second-order valence-corrected chi connectivity index (χ2v) is 7.24. The van der Waals surface area contributed by atoms with Crippen molar-refractivity contribution < 1.29 is 13.2 Å². The predicted molar refractivity (Wildman–Crippen MR) is 83.4 cm³/mol. The highest BCUT2D eigenvalue weighted by molar-refractivity contribution is 9.10. The maximum atomic E-state index is 12.4. The average Bonchev–Trinajstić information content (AvgIpc) is 2.41. The van der Waals surface area contributed by atoms with E-state index in [9.17, 15) is 8.42 Å². The van der Waals surface area contributed by atoms with E-state index >= 15 is 0 Å². The van der Waals surface area contributed by atoms with Crippen molar-refractivity contribution in [3.8, 4) is 5.75 Å². The molecule has 0 radical (unpaired) electrons. The minimum Gasteiger partial charge on any atom is -0.495 e. The second kappa shape index (κ2) is 6.11. The largest absolute Gasteiger partial charge is 0.495 e. The molecule has 0 fully saturated rings. The van der Waals surface area contributed by atoms with E-state index in [0.717, 1.165) is 4.47 Å². The van der Waals surface area contributed by atoms with Crippen molar-refractivity contribution in [1.29, 1.82) is 0 Å². The number of rotatable bonds is 4. The fraction of sp³-hybridized carbons (Fsp3) is 0.0833. The van der Waals surface area contributed by atoms with Crippen LogP contribution < -0.4 is 9.46 Å². The summed E-state index contributed by atoms with van der Waals surface area (Å²) in [5.74, 6) is 0.494. The third-order valence-electron chi connectivity index (χ3n) is 2.38. The van der Waals surface area contributed by atoms with Crippen molar-refractivity contribution in [2.75, 3.05) is 11.8 Å². The van der Waals surface area contributed by atoms with Crippen LogP contribution in [0.4, 0.5) is 5.82 Å². The van der Waals surface area contributed by atoms with Gasteiger partial charge in [0.15, 0.2) is 0 Å². The van der Waals surface area contributed by atoms with E-state index in [1.807, 2.05) is 0 Å². The SMILES string of the molecule is COc1ccc(Br)cc1S(=O)(=O)Nc1ccc(Br)cn1. The van der Waals surface area contributed by atoms with Crippen LogP contribution in [0, 0.1) is 0 Å². The molecule has 0 aliphatic rings. The van der Waals surface area contributed by atoms with E-state index in [4.69, 9.17) is 4.74 Å². The highest BCUT2D eigenvalue weighted by atomic mass is 79.9. The number of benzene rings is 1. The second-order valence-electron chi connectivity index (χ2n) is 3.76. The van der Waals surface area contributed by atoms with Gasteiger partial charge in [0.25, 0.3) is 10.0 Å². The van der Waals surface area contributed by atoms with Gasteiger partial charge in [-0.1, -0.05) is 15.9 Å². The van der Waals surface area contributed by atoms with Crippen LogP contribution >= 0.6 is 31.9 Å². The van der Waals surface area contributed by atoms with Crippen LogP contribution in [0.5, 0.6) is 5.75 Å². The lowest BCUT2D eigenvalue weighted by atomic mass is 10.3. The van der Waals surface area contributed by atoms with Gasteiger partial charge in [0.1, 0.15) is 16.5 Å². The summed E-state index contributed by atoms with van der Waals surface area (Å²) in [6, 6.07) is 8.01. The fourth-order valence-electron chi connectivity index (χ4n) is 1.49. The Labute approximate surface area is 133 Å². The number of pyridine rings is 1. The van der Waals surface area contributed by atoms with Crippen LogP contribution in [-0.4, -0.2) is 20.5 Å². The molecule has 1 N–H and O–H groups in total. The maximum absolute atomic E-state index is 12.4. The molecule has 0 saturated carbocycles. The van der Waals surface area contributed by atoms with Gasteiger partial charge < -0.3 is 4.74 Å². The molecule has 8 heteroatoms. The lowest BCUT2D eigenvalue weighted by Gasteiger charge is -2.11. The monoisotopic (exact) mass is 420 g/mol. The van der Waals surface area contributed by atoms with Gasteiger partial charge in [-0.15, -0.1) is 0 Å². The van der Waals surface area contributed by atoms with Gasteiger partial charge in [0, 0.05) is 15.1 Å². The van der Waals surface area contributed by atoms with E-state index in [1.165, 1.54) is 19.4 Å². The minimum atomic E-state index is -3.77. The van der Waals surface area contributed by atoms with Crippen LogP contribution in [-0.2, 0) is 10.0 Å². The van der Waals surface area contributed by atoms with Crippen LogP contribution in [0.2, 0.25) is 0 Å². The number of anilines is 1. The molecule has 0 aliphatic carbocycles. The van der Waals surface area contributed by atoms with Gasteiger partial charge in [-0.2, -0.15) is 0 Å². The van der Waals surface area contributed by atoms with Gasteiger partial charge >= 0.3 is 0 Å². The van der Waals surface area contributed by atoms with E-state index in [1.54, 1.807) is 24.3 Å². The molecule has 20 heavy (non-hydrogen) atoms. The summed E-state index contributed by atoms with van der Waals surface area (Å²) in [5, 5.41) is 0. The number of hydrogen-bond acceptors (Lipinski definition) is 4. The highest BCUT2D eigenvalue weighted by Crippen LogP contribution is 2.28. The summed E-state index contributed by atoms with van der Waals surface area (Å²) in [6.07, 6.45) is 1.51. The van der Waals surface area contributed by atoms with Gasteiger partial charge in [0.2, 0.25) is 0 Å². The quantitative estimate of drug-likeness (QED) is 0.821. The van der Waals surface area contributed by atoms with E-state index in [0.29, 0.717) is 4.47 Å². The average molecular weight is 422 g/mol. The summed E-state index contributed by atoms with van der Waals surface area (Å²) in [4.78, 5) is 4.02. The third kappa shape index (κ3) is 3.50. The van der Waals surface area contributed by atoms with Gasteiger partial charge in [-0.25, -0.2) is 13.4 Å². The van der Waals surface area contributed by atoms with Crippen molar-refractivity contribution in [2.45, 2.75) is 4.90 Å². The summed E-state index contributed by atoms with van der Waals surface area (Å²) in [6.45, 7) is 0. The number of nitrogens with zero attached hydrogens (tertiary/aromatic N) is 1. The Hall–Kier alpha value is -1.12. The van der Waals surface area contributed by atoms with Crippen molar-refractivity contribution in [3.05, 3.63) is 45.5 Å². The first-order valence-corrected chi connectivity index (χ1v) is 8.47. The Kier molecular flexibility index (Phi) is 4.66. The first-order valence-electron chi connectivity index (χ1n) is 5.40. The smallest absolute Gasteiger partial charge is 0.266 e. The molecular formula is C12H10Br2N2O3S. The van der Waals surface area contributed by atoms with E-state index in [-0.39, 0.29) is 16.5 Å². The minimum absolute atomic E-state index is 0.0408. The van der Waals surface area contributed by atoms with Gasteiger partial charge in [-0.05, 0) is 46.3 Å². The molecule has 5 nitrogen and oxygen atoms in total. The molecule has 0 bridgehead atoms. The number of methoxy groups -OCH3 is 1. The highest BCUT2D eigenvalue weighted by Gasteiger charge is 2.20. The van der Waals surface area contributed by atoms with E-state index < -0.39 is 10.0 Å². The van der Waals surface area contributed by atoms with Crippen LogP contribution in [0.15, 0.2) is 50.4 Å². The molecule has 0 amide bonds. The number of ether oxygens (including phenoxy) is 1. The fourth-order valence-corrected chi connectivity index (χ4v) is 3.44. The zero-order valence-electron chi connectivity index (χ0n) is 10.3. The zero-order chi connectivity index (χ0) is 14.8. The van der Waals surface area contributed by atoms with Gasteiger partial charge in [-0.3, -0.25) is 4.72 Å². The zero-order valence-corrected chi connectivity index (χ0v) is 14.3. The number of aromatic nitrogens is 1. The Morgan fingerprint density at radius 3 is 2.45 bits per heavy atom. The molecule has 2 aromatic rings. The maximum Gasteiger partial charge on any atom is 0.266 e. The first kappa shape index (κ1) is 15.3. The van der Waals surface area contributed by atoms with Crippen LogP contribution in [0.3, 0.4) is 0 Å². The summed E-state index contributed by atoms with van der Waals surface area (Å²) < 4.78 is 33.6. The molecule has 0 atom stereocenters. The Morgan fingerprint density at radius 2 is 1.85 bits per heavy atom. The molecule has 1 aromatic carbocycles. The normalized spacial score (nSPS) is 11.2. The summed E-state index contributed by atoms with van der Waals surface area (Å²) in [7, 11) is -2.36. The number of hydrogen-bond donors (Lipinski definition) is 1. The lowest BCUT2D eigenvalue weighted by molar-refractivity contribution is 0.403. The standard InChI is InChI=1S/C12H10Br2N2O3S/c1-19-10-4-2-8(13)6-11(10)20(17,18)16-12-5-3-9(14)7-15-12/h2-7H,1H3,(H,15,16). The number of halogens is 2.